The van der Waals surface area contributed by atoms with Crippen LogP contribution in [-0.4, -0.2) is 30.3 Å². The first-order chi connectivity index (χ1) is 10.8. The van der Waals surface area contributed by atoms with Crippen molar-refractivity contribution in [2.45, 2.75) is 19.3 Å². The molecule has 0 heterocycles. The topological polar surface area (TPSA) is 23.5 Å². The zero-order valence-electron chi connectivity index (χ0n) is 13.1. The van der Waals surface area contributed by atoms with Crippen LogP contribution >= 0.6 is 0 Å². The highest BCUT2D eigenvalue weighted by atomic mass is 16.3. The molecular weight excluding hydrogens is 270 g/mol. The molecule has 1 aliphatic carbocycles. The SMILES string of the molecule is CN(CO)CCC=C1c2ccccc2CCc2ccccc21. The normalized spacial score (nSPS) is 13.5. The van der Waals surface area contributed by atoms with Crippen molar-refractivity contribution in [1.29, 1.82) is 0 Å². The number of rotatable bonds is 4. The second-order valence-corrected chi connectivity index (χ2v) is 5.94. The lowest BCUT2D eigenvalue weighted by molar-refractivity contribution is 0.134. The van der Waals surface area contributed by atoms with Gasteiger partial charge in [0.05, 0.1) is 6.73 Å². The van der Waals surface area contributed by atoms with Crippen LogP contribution in [0.15, 0.2) is 54.6 Å². The molecule has 0 unspecified atom stereocenters. The minimum Gasteiger partial charge on any atom is -0.381 e. The van der Waals surface area contributed by atoms with E-state index >= 15 is 0 Å². The predicted octanol–water partition coefficient (Wildman–Crippen LogP) is 3.49. The molecule has 0 bridgehead atoms. The van der Waals surface area contributed by atoms with E-state index in [4.69, 9.17) is 5.11 Å². The van der Waals surface area contributed by atoms with E-state index < -0.39 is 0 Å². The van der Waals surface area contributed by atoms with Gasteiger partial charge < -0.3 is 5.11 Å². The number of hydrogen-bond donors (Lipinski definition) is 1. The molecule has 0 spiro atoms. The maximum absolute atomic E-state index is 9.14. The Morgan fingerprint density at radius 2 is 1.50 bits per heavy atom. The smallest absolute Gasteiger partial charge is 0.0954 e. The summed E-state index contributed by atoms with van der Waals surface area (Å²) in [4.78, 5) is 1.92. The standard InChI is InChI=1S/C20H23NO/c1-21(15-22)14-6-11-20-18-9-4-2-7-16(18)12-13-17-8-3-5-10-19(17)20/h2-5,7-11,22H,6,12-15H2,1H3. The summed E-state index contributed by atoms with van der Waals surface area (Å²) in [5.74, 6) is 0. The van der Waals surface area contributed by atoms with Crippen molar-refractivity contribution in [1.82, 2.24) is 4.90 Å². The summed E-state index contributed by atoms with van der Waals surface area (Å²) in [6, 6.07) is 17.5. The van der Waals surface area contributed by atoms with Gasteiger partial charge in [0.2, 0.25) is 0 Å². The molecule has 0 radical (unpaired) electrons. The highest BCUT2D eigenvalue weighted by Crippen LogP contribution is 2.33. The molecule has 0 saturated heterocycles. The number of nitrogens with zero attached hydrogens (tertiary/aromatic N) is 1. The van der Waals surface area contributed by atoms with E-state index in [0.29, 0.717) is 0 Å². The lowest BCUT2D eigenvalue weighted by Gasteiger charge is -2.14. The summed E-state index contributed by atoms with van der Waals surface area (Å²) in [5.41, 5.74) is 6.93. The molecule has 2 aromatic rings. The largest absolute Gasteiger partial charge is 0.381 e. The Labute approximate surface area is 132 Å². The molecule has 1 aliphatic rings. The molecule has 0 fully saturated rings. The predicted molar refractivity (Wildman–Crippen MR) is 91.7 cm³/mol. The third kappa shape index (κ3) is 3.13. The van der Waals surface area contributed by atoms with Gasteiger partial charge in [0.15, 0.2) is 0 Å². The number of aliphatic hydroxyl groups is 1. The van der Waals surface area contributed by atoms with E-state index in [2.05, 4.69) is 54.6 Å². The van der Waals surface area contributed by atoms with Crippen molar-refractivity contribution in [3.63, 3.8) is 0 Å². The van der Waals surface area contributed by atoms with Crippen LogP contribution in [-0.2, 0) is 12.8 Å². The molecule has 1 N–H and O–H groups in total. The van der Waals surface area contributed by atoms with Crippen molar-refractivity contribution in [3.05, 3.63) is 76.9 Å². The minimum absolute atomic E-state index is 0.107. The summed E-state index contributed by atoms with van der Waals surface area (Å²) in [5, 5.41) is 9.14. The van der Waals surface area contributed by atoms with Crippen molar-refractivity contribution >= 4 is 5.57 Å². The quantitative estimate of drug-likeness (QED) is 0.872. The van der Waals surface area contributed by atoms with Gasteiger partial charge in [0, 0.05) is 6.54 Å². The van der Waals surface area contributed by atoms with Gasteiger partial charge in [-0.15, -0.1) is 0 Å². The lowest BCUT2D eigenvalue weighted by atomic mass is 9.93. The van der Waals surface area contributed by atoms with E-state index in [9.17, 15) is 0 Å². The third-order valence-electron chi connectivity index (χ3n) is 4.38. The fourth-order valence-corrected chi connectivity index (χ4v) is 3.14. The first-order valence-corrected chi connectivity index (χ1v) is 7.95. The van der Waals surface area contributed by atoms with Crippen LogP contribution in [0.5, 0.6) is 0 Å². The Hall–Kier alpha value is -1.90. The maximum Gasteiger partial charge on any atom is 0.0954 e. The molecule has 0 saturated carbocycles. The molecule has 0 aliphatic heterocycles. The average Bonchev–Trinajstić information content (AvgIpc) is 2.72. The fourth-order valence-electron chi connectivity index (χ4n) is 3.14. The molecule has 3 rings (SSSR count). The van der Waals surface area contributed by atoms with E-state index in [0.717, 1.165) is 25.8 Å². The number of aryl methyl sites for hydroxylation is 2. The van der Waals surface area contributed by atoms with Gasteiger partial charge in [-0.3, -0.25) is 4.90 Å². The molecule has 0 aromatic heterocycles. The van der Waals surface area contributed by atoms with Crippen LogP contribution in [0.1, 0.15) is 28.7 Å². The summed E-state index contributed by atoms with van der Waals surface area (Å²) in [6.07, 6.45) is 5.46. The first-order valence-electron chi connectivity index (χ1n) is 7.95. The number of fused-ring (bicyclic) bond motifs is 2. The van der Waals surface area contributed by atoms with E-state index in [1.54, 1.807) is 0 Å². The Kier molecular flexibility index (Phi) is 4.71. The maximum atomic E-state index is 9.14. The highest BCUT2D eigenvalue weighted by Gasteiger charge is 2.16. The molecule has 114 valence electrons. The zero-order chi connectivity index (χ0) is 15.4. The van der Waals surface area contributed by atoms with Crippen LogP contribution in [0.3, 0.4) is 0 Å². The molecule has 0 atom stereocenters. The van der Waals surface area contributed by atoms with E-state index in [1.165, 1.54) is 27.8 Å². The molecular formula is C20H23NO. The van der Waals surface area contributed by atoms with Crippen LogP contribution in [0.4, 0.5) is 0 Å². The van der Waals surface area contributed by atoms with Gasteiger partial charge in [-0.2, -0.15) is 0 Å². The Morgan fingerprint density at radius 1 is 0.955 bits per heavy atom. The van der Waals surface area contributed by atoms with Crippen molar-refractivity contribution in [2.75, 3.05) is 20.3 Å². The molecule has 0 amide bonds. The molecule has 22 heavy (non-hydrogen) atoms. The lowest BCUT2D eigenvalue weighted by Crippen LogP contribution is -2.19. The van der Waals surface area contributed by atoms with Crippen molar-refractivity contribution < 1.29 is 5.11 Å². The average molecular weight is 293 g/mol. The Bertz CT molecular complexity index is 625. The Balaban J connectivity index is 2.00. The van der Waals surface area contributed by atoms with Gasteiger partial charge in [0.25, 0.3) is 0 Å². The summed E-state index contributed by atoms with van der Waals surface area (Å²) in [7, 11) is 1.94. The van der Waals surface area contributed by atoms with Crippen LogP contribution < -0.4 is 0 Å². The number of benzene rings is 2. The van der Waals surface area contributed by atoms with Gasteiger partial charge in [-0.1, -0.05) is 54.6 Å². The van der Waals surface area contributed by atoms with Gasteiger partial charge in [0.1, 0.15) is 0 Å². The van der Waals surface area contributed by atoms with E-state index in [-0.39, 0.29) is 6.73 Å². The second kappa shape index (κ2) is 6.91. The fraction of sp³-hybridized carbons (Fsp3) is 0.300. The van der Waals surface area contributed by atoms with E-state index in [1.807, 2.05) is 11.9 Å². The first kappa shape index (κ1) is 15.0. The summed E-state index contributed by atoms with van der Waals surface area (Å²) >= 11 is 0. The summed E-state index contributed by atoms with van der Waals surface area (Å²) in [6.45, 7) is 0.973. The minimum atomic E-state index is 0.107. The zero-order valence-corrected chi connectivity index (χ0v) is 13.1. The Morgan fingerprint density at radius 3 is 2.05 bits per heavy atom. The van der Waals surface area contributed by atoms with Gasteiger partial charge >= 0.3 is 0 Å². The molecule has 2 heteroatoms. The second-order valence-electron chi connectivity index (χ2n) is 5.94. The van der Waals surface area contributed by atoms with Crippen molar-refractivity contribution in [2.24, 2.45) is 0 Å². The van der Waals surface area contributed by atoms with Gasteiger partial charge in [-0.25, -0.2) is 0 Å². The number of aliphatic hydroxyl groups excluding tert-OH is 1. The van der Waals surface area contributed by atoms with Gasteiger partial charge in [-0.05, 0) is 54.1 Å². The molecule has 2 aromatic carbocycles. The van der Waals surface area contributed by atoms with Crippen molar-refractivity contribution in [3.8, 4) is 0 Å². The highest BCUT2D eigenvalue weighted by molar-refractivity contribution is 5.83. The summed E-state index contributed by atoms with van der Waals surface area (Å²) < 4.78 is 0. The molecule has 2 nitrogen and oxygen atoms in total. The van der Waals surface area contributed by atoms with Crippen LogP contribution in [0.2, 0.25) is 0 Å². The van der Waals surface area contributed by atoms with Crippen LogP contribution in [0, 0.1) is 0 Å². The third-order valence-corrected chi connectivity index (χ3v) is 4.38. The van der Waals surface area contributed by atoms with Crippen LogP contribution in [0.25, 0.3) is 5.57 Å². The monoisotopic (exact) mass is 293 g/mol. The number of hydrogen-bond acceptors (Lipinski definition) is 2.